The molecule has 0 unspecified atom stereocenters. The second-order valence-corrected chi connectivity index (χ2v) is 11.0. The number of halogens is 1. The molecule has 9 heteroatoms. The van der Waals surface area contributed by atoms with Crippen molar-refractivity contribution in [1.29, 1.82) is 0 Å². The van der Waals surface area contributed by atoms with Gasteiger partial charge in [0, 0.05) is 35.9 Å². The predicted octanol–water partition coefficient (Wildman–Crippen LogP) is 5.48. The third-order valence-electron chi connectivity index (χ3n) is 7.53. The van der Waals surface area contributed by atoms with Crippen LogP contribution in [0.1, 0.15) is 46.5 Å². The largest absolute Gasteiger partial charge is 0.486 e. The van der Waals surface area contributed by atoms with E-state index in [1.807, 2.05) is 70.1 Å². The van der Waals surface area contributed by atoms with E-state index in [0.29, 0.717) is 24.7 Å². The van der Waals surface area contributed by atoms with E-state index in [9.17, 15) is 4.79 Å². The van der Waals surface area contributed by atoms with E-state index in [2.05, 4.69) is 49.2 Å². The standard InChI is InChI=1S/C31H32BrN5O3/c32-25-13-11-24(12-14-25)28-10-5-15-36(28)31(38)30-34-33-29(37(30)21-23-6-2-1-3-7-23)22-40-27-9-4-8-26(20-27)35-16-18-39-19-17-35/h1-4,6-9,11-14,20,28H,5,10,15-19,21-22H2/t28-/m1/s1. The Morgan fingerprint density at radius 2 is 1.75 bits per heavy atom. The van der Waals surface area contributed by atoms with Gasteiger partial charge in [-0.25, -0.2) is 0 Å². The SMILES string of the molecule is O=C(c1nnc(COc2cccc(N3CCOCC3)c2)n1Cc1ccccc1)N1CCC[C@@H]1c1ccc(Br)cc1. The lowest BCUT2D eigenvalue weighted by molar-refractivity contribution is 0.0717. The average molecular weight is 603 g/mol. The Kier molecular flexibility index (Phi) is 8.11. The van der Waals surface area contributed by atoms with Gasteiger partial charge in [-0.2, -0.15) is 0 Å². The van der Waals surface area contributed by atoms with Crippen LogP contribution in [0.5, 0.6) is 5.75 Å². The number of aromatic nitrogens is 3. The van der Waals surface area contributed by atoms with Crippen molar-refractivity contribution in [3.8, 4) is 5.75 Å². The number of ether oxygens (including phenoxy) is 2. The van der Waals surface area contributed by atoms with Crippen molar-refractivity contribution in [2.45, 2.75) is 32.0 Å². The number of hydrogen-bond donors (Lipinski definition) is 0. The minimum Gasteiger partial charge on any atom is -0.486 e. The molecule has 0 aliphatic carbocycles. The van der Waals surface area contributed by atoms with Crippen molar-refractivity contribution in [2.24, 2.45) is 0 Å². The molecule has 2 saturated heterocycles. The second kappa shape index (κ2) is 12.2. The van der Waals surface area contributed by atoms with Gasteiger partial charge in [0.15, 0.2) is 5.82 Å². The van der Waals surface area contributed by atoms with Crippen molar-refractivity contribution >= 4 is 27.5 Å². The molecule has 8 nitrogen and oxygen atoms in total. The van der Waals surface area contributed by atoms with E-state index in [1.54, 1.807) is 0 Å². The first-order valence-corrected chi connectivity index (χ1v) is 14.5. The summed E-state index contributed by atoms with van der Waals surface area (Å²) in [4.78, 5) is 18.2. The van der Waals surface area contributed by atoms with Gasteiger partial charge in [0.2, 0.25) is 5.82 Å². The highest BCUT2D eigenvalue weighted by molar-refractivity contribution is 9.10. The lowest BCUT2D eigenvalue weighted by Gasteiger charge is -2.29. The Morgan fingerprint density at radius 1 is 0.950 bits per heavy atom. The van der Waals surface area contributed by atoms with Gasteiger partial charge in [-0.05, 0) is 48.2 Å². The van der Waals surface area contributed by atoms with Crippen molar-refractivity contribution in [1.82, 2.24) is 19.7 Å². The van der Waals surface area contributed by atoms with E-state index < -0.39 is 0 Å². The van der Waals surface area contributed by atoms with Crippen LogP contribution >= 0.6 is 15.9 Å². The maximum atomic E-state index is 14.0. The molecular weight excluding hydrogens is 570 g/mol. The van der Waals surface area contributed by atoms with Crippen LogP contribution in [0.25, 0.3) is 0 Å². The Morgan fingerprint density at radius 3 is 2.55 bits per heavy atom. The third-order valence-corrected chi connectivity index (χ3v) is 8.06. The molecule has 4 aromatic rings. The molecule has 0 spiro atoms. The summed E-state index contributed by atoms with van der Waals surface area (Å²) < 4.78 is 14.6. The number of benzene rings is 3. The van der Waals surface area contributed by atoms with Crippen LogP contribution in [-0.4, -0.2) is 58.4 Å². The summed E-state index contributed by atoms with van der Waals surface area (Å²) in [5.41, 5.74) is 3.31. The van der Waals surface area contributed by atoms with Gasteiger partial charge in [0.05, 0.1) is 25.8 Å². The molecule has 6 rings (SSSR count). The van der Waals surface area contributed by atoms with Crippen LogP contribution in [0.2, 0.25) is 0 Å². The molecule has 1 amide bonds. The maximum Gasteiger partial charge on any atom is 0.292 e. The van der Waals surface area contributed by atoms with Gasteiger partial charge in [0.1, 0.15) is 12.4 Å². The van der Waals surface area contributed by atoms with Crippen LogP contribution in [0.4, 0.5) is 5.69 Å². The Bertz CT molecular complexity index is 1440. The molecular formula is C31H32BrN5O3. The van der Waals surface area contributed by atoms with Crippen molar-refractivity contribution in [2.75, 3.05) is 37.7 Å². The van der Waals surface area contributed by atoms with Gasteiger partial charge < -0.3 is 19.3 Å². The smallest absolute Gasteiger partial charge is 0.292 e. The van der Waals surface area contributed by atoms with Crippen LogP contribution in [0.15, 0.2) is 83.3 Å². The Hall–Kier alpha value is -3.69. The molecule has 0 saturated carbocycles. The molecule has 2 aliphatic rings. The van der Waals surface area contributed by atoms with Gasteiger partial charge in [-0.3, -0.25) is 9.36 Å². The number of hydrogen-bond acceptors (Lipinski definition) is 6. The first kappa shape index (κ1) is 26.5. The maximum absolute atomic E-state index is 14.0. The molecule has 2 fully saturated rings. The number of likely N-dealkylation sites (tertiary alicyclic amines) is 1. The third kappa shape index (κ3) is 5.90. The molecule has 0 radical (unpaired) electrons. The summed E-state index contributed by atoms with van der Waals surface area (Å²) in [6.45, 7) is 4.55. The summed E-state index contributed by atoms with van der Waals surface area (Å²) in [5, 5.41) is 8.86. The number of rotatable bonds is 8. The highest BCUT2D eigenvalue weighted by atomic mass is 79.9. The molecule has 3 heterocycles. The molecule has 0 N–H and O–H groups in total. The van der Waals surface area contributed by atoms with Crippen LogP contribution in [0.3, 0.4) is 0 Å². The molecule has 1 aromatic heterocycles. The quantitative estimate of drug-likeness (QED) is 0.266. The molecule has 206 valence electrons. The number of carbonyl (C=O) groups excluding carboxylic acids is 1. The van der Waals surface area contributed by atoms with E-state index >= 15 is 0 Å². The summed E-state index contributed by atoms with van der Waals surface area (Å²) in [5.74, 6) is 1.60. The zero-order valence-electron chi connectivity index (χ0n) is 22.3. The fourth-order valence-corrected chi connectivity index (χ4v) is 5.71. The minimum absolute atomic E-state index is 0.0186. The van der Waals surface area contributed by atoms with Crippen LogP contribution < -0.4 is 9.64 Å². The minimum atomic E-state index is -0.102. The first-order valence-electron chi connectivity index (χ1n) is 13.7. The van der Waals surface area contributed by atoms with Crippen molar-refractivity contribution in [3.05, 3.63) is 106 Å². The summed E-state index contributed by atoms with van der Waals surface area (Å²) in [6, 6.07) is 26.4. The fraction of sp³-hybridized carbons (Fsp3) is 0.323. The zero-order valence-corrected chi connectivity index (χ0v) is 23.9. The van der Waals surface area contributed by atoms with E-state index in [-0.39, 0.29) is 18.6 Å². The van der Waals surface area contributed by atoms with Gasteiger partial charge in [-0.15, -0.1) is 10.2 Å². The average Bonchev–Trinajstić information content (AvgIpc) is 3.65. The number of amides is 1. The van der Waals surface area contributed by atoms with E-state index in [4.69, 9.17) is 9.47 Å². The van der Waals surface area contributed by atoms with E-state index in [0.717, 1.165) is 66.2 Å². The lowest BCUT2D eigenvalue weighted by Crippen LogP contribution is -2.36. The molecule has 2 aliphatic heterocycles. The lowest BCUT2D eigenvalue weighted by atomic mass is 10.0. The molecule has 3 aromatic carbocycles. The number of anilines is 1. The highest BCUT2D eigenvalue weighted by Crippen LogP contribution is 2.34. The van der Waals surface area contributed by atoms with Crippen molar-refractivity contribution in [3.63, 3.8) is 0 Å². The second-order valence-electron chi connectivity index (χ2n) is 10.1. The zero-order chi connectivity index (χ0) is 27.3. The molecule has 0 bridgehead atoms. The monoisotopic (exact) mass is 601 g/mol. The Labute approximate surface area is 242 Å². The van der Waals surface area contributed by atoms with Crippen LogP contribution in [0, 0.1) is 0 Å². The van der Waals surface area contributed by atoms with Crippen LogP contribution in [-0.2, 0) is 17.9 Å². The topological polar surface area (TPSA) is 72.7 Å². The first-order chi connectivity index (χ1) is 19.7. The van der Waals surface area contributed by atoms with E-state index in [1.165, 1.54) is 0 Å². The van der Waals surface area contributed by atoms with Gasteiger partial charge >= 0.3 is 0 Å². The highest BCUT2D eigenvalue weighted by Gasteiger charge is 2.34. The van der Waals surface area contributed by atoms with Crippen molar-refractivity contribution < 1.29 is 14.3 Å². The predicted molar refractivity (Wildman–Crippen MR) is 157 cm³/mol. The number of morpholine rings is 1. The van der Waals surface area contributed by atoms with Gasteiger partial charge in [0.25, 0.3) is 5.91 Å². The summed E-state index contributed by atoms with van der Waals surface area (Å²) in [7, 11) is 0. The normalized spacial score (nSPS) is 17.3. The fourth-order valence-electron chi connectivity index (χ4n) is 5.44. The number of carbonyl (C=O) groups is 1. The van der Waals surface area contributed by atoms with Gasteiger partial charge in [-0.1, -0.05) is 64.5 Å². The molecule has 1 atom stereocenters. The molecule has 40 heavy (non-hydrogen) atoms. The Balaban J connectivity index is 1.25. The summed E-state index contributed by atoms with van der Waals surface area (Å²) in [6.07, 6.45) is 1.88. The number of nitrogens with zero attached hydrogens (tertiary/aromatic N) is 5. The summed E-state index contributed by atoms with van der Waals surface area (Å²) >= 11 is 3.51.